The third-order valence-electron chi connectivity index (χ3n) is 4.55. The predicted molar refractivity (Wildman–Crippen MR) is 103 cm³/mol. The molecule has 142 valence electrons. The number of nitrogens with one attached hydrogen (secondary N) is 2. The zero-order valence-corrected chi connectivity index (χ0v) is 15.7. The molecule has 3 rings (SSSR count). The van der Waals surface area contributed by atoms with Crippen LogP contribution in [0.3, 0.4) is 0 Å². The van der Waals surface area contributed by atoms with Crippen molar-refractivity contribution in [1.29, 1.82) is 0 Å². The molecule has 0 bridgehead atoms. The second-order valence-electron chi connectivity index (χ2n) is 6.50. The average Bonchev–Trinajstić information content (AvgIpc) is 3.06. The van der Waals surface area contributed by atoms with Crippen molar-refractivity contribution in [2.75, 3.05) is 19.0 Å². The van der Waals surface area contributed by atoms with Crippen LogP contribution in [0.15, 0.2) is 30.9 Å². The molecular formula is C20H24N4O3. The van der Waals surface area contributed by atoms with Crippen molar-refractivity contribution >= 4 is 17.5 Å². The Hall–Kier alpha value is -3.09. The standard InChI is InChI=1S/C20H24N4O3/c1-4-10-21-19(25)17-15-7-5-6-11-24(15)18(23-17)20(26)22-14-12-13(2)8-9-16(14)27-3/h4,8-9,12H,1,5-7,10-11H2,2-3H3,(H,21,25)(H,22,26). The summed E-state index contributed by atoms with van der Waals surface area (Å²) in [6.07, 6.45) is 4.26. The number of fused-ring (bicyclic) bond motifs is 1. The summed E-state index contributed by atoms with van der Waals surface area (Å²) in [4.78, 5) is 29.7. The van der Waals surface area contributed by atoms with Gasteiger partial charge in [0, 0.05) is 13.1 Å². The lowest BCUT2D eigenvalue weighted by atomic mass is 10.1. The molecule has 1 aliphatic rings. The van der Waals surface area contributed by atoms with Crippen LogP contribution in [0.2, 0.25) is 0 Å². The first-order valence-corrected chi connectivity index (χ1v) is 8.99. The van der Waals surface area contributed by atoms with Gasteiger partial charge in [-0.05, 0) is 43.9 Å². The van der Waals surface area contributed by atoms with E-state index in [1.807, 2.05) is 23.6 Å². The molecule has 1 aliphatic heterocycles. The molecule has 1 aromatic carbocycles. The molecule has 7 nitrogen and oxygen atoms in total. The van der Waals surface area contributed by atoms with E-state index >= 15 is 0 Å². The van der Waals surface area contributed by atoms with E-state index in [-0.39, 0.29) is 17.6 Å². The molecule has 0 spiro atoms. The number of ether oxygens (including phenoxy) is 1. The van der Waals surface area contributed by atoms with Gasteiger partial charge >= 0.3 is 0 Å². The lowest BCUT2D eigenvalue weighted by Gasteiger charge is -2.17. The summed E-state index contributed by atoms with van der Waals surface area (Å²) < 4.78 is 7.17. The number of hydrogen-bond acceptors (Lipinski definition) is 4. The molecule has 0 atom stereocenters. The average molecular weight is 368 g/mol. The van der Waals surface area contributed by atoms with E-state index in [4.69, 9.17) is 4.74 Å². The van der Waals surface area contributed by atoms with E-state index in [1.54, 1.807) is 19.3 Å². The molecule has 2 N–H and O–H groups in total. The van der Waals surface area contributed by atoms with Crippen molar-refractivity contribution in [2.45, 2.75) is 32.7 Å². The number of amides is 2. The van der Waals surface area contributed by atoms with Crippen LogP contribution in [0, 0.1) is 6.92 Å². The van der Waals surface area contributed by atoms with Crippen LogP contribution in [-0.2, 0) is 13.0 Å². The molecule has 2 heterocycles. The predicted octanol–water partition coefficient (Wildman–Crippen LogP) is 2.70. The zero-order valence-electron chi connectivity index (χ0n) is 15.7. The number of carbonyl (C=O) groups is 2. The smallest absolute Gasteiger partial charge is 0.291 e. The van der Waals surface area contributed by atoms with E-state index in [2.05, 4.69) is 22.2 Å². The monoisotopic (exact) mass is 368 g/mol. The Labute approximate surface area is 158 Å². The van der Waals surface area contributed by atoms with E-state index in [0.29, 0.717) is 30.2 Å². The van der Waals surface area contributed by atoms with Crippen LogP contribution in [-0.4, -0.2) is 35.0 Å². The molecule has 1 aromatic heterocycles. The number of anilines is 1. The third-order valence-corrected chi connectivity index (χ3v) is 4.55. The van der Waals surface area contributed by atoms with Crippen LogP contribution in [0.4, 0.5) is 5.69 Å². The molecule has 2 aromatic rings. The van der Waals surface area contributed by atoms with Gasteiger partial charge in [0.15, 0.2) is 5.82 Å². The Bertz CT molecular complexity index is 886. The Morgan fingerprint density at radius 3 is 2.89 bits per heavy atom. The molecule has 2 amide bonds. The molecule has 0 unspecified atom stereocenters. The van der Waals surface area contributed by atoms with E-state index in [0.717, 1.165) is 30.5 Å². The first-order valence-electron chi connectivity index (χ1n) is 8.99. The van der Waals surface area contributed by atoms with Crippen LogP contribution < -0.4 is 15.4 Å². The Morgan fingerprint density at radius 2 is 2.15 bits per heavy atom. The minimum Gasteiger partial charge on any atom is -0.495 e. The van der Waals surface area contributed by atoms with E-state index in [9.17, 15) is 9.59 Å². The second kappa shape index (κ2) is 8.07. The number of aryl methyl sites for hydroxylation is 1. The normalized spacial score (nSPS) is 12.8. The van der Waals surface area contributed by atoms with Crippen molar-refractivity contribution in [3.63, 3.8) is 0 Å². The lowest BCUT2D eigenvalue weighted by molar-refractivity contribution is 0.0952. The summed E-state index contributed by atoms with van der Waals surface area (Å²) in [5.74, 6) is 0.179. The topological polar surface area (TPSA) is 85.2 Å². The van der Waals surface area contributed by atoms with Gasteiger partial charge in [-0.2, -0.15) is 0 Å². The number of rotatable bonds is 6. The maximum Gasteiger partial charge on any atom is 0.291 e. The molecule has 27 heavy (non-hydrogen) atoms. The van der Waals surface area contributed by atoms with Gasteiger partial charge in [-0.1, -0.05) is 12.1 Å². The number of imidazole rings is 1. The van der Waals surface area contributed by atoms with E-state index in [1.165, 1.54) is 0 Å². The number of aromatic nitrogens is 2. The highest BCUT2D eigenvalue weighted by atomic mass is 16.5. The Morgan fingerprint density at radius 1 is 1.33 bits per heavy atom. The summed E-state index contributed by atoms with van der Waals surface area (Å²) in [6.45, 7) is 6.57. The summed E-state index contributed by atoms with van der Waals surface area (Å²) in [6, 6.07) is 5.56. The molecule has 0 aliphatic carbocycles. The third kappa shape index (κ3) is 3.86. The summed E-state index contributed by atoms with van der Waals surface area (Å²) in [5, 5.41) is 5.61. The van der Waals surface area contributed by atoms with E-state index < -0.39 is 0 Å². The van der Waals surface area contributed by atoms with Gasteiger partial charge in [0.25, 0.3) is 11.8 Å². The summed E-state index contributed by atoms with van der Waals surface area (Å²) in [7, 11) is 1.56. The Balaban J connectivity index is 1.93. The van der Waals surface area contributed by atoms with Crippen molar-refractivity contribution in [1.82, 2.24) is 14.9 Å². The van der Waals surface area contributed by atoms with Gasteiger partial charge in [0.2, 0.25) is 0 Å². The van der Waals surface area contributed by atoms with Crippen LogP contribution in [0.1, 0.15) is 45.2 Å². The van der Waals surface area contributed by atoms with Crippen molar-refractivity contribution in [3.05, 3.63) is 53.6 Å². The van der Waals surface area contributed by atoms with Gasteiger partial charge in [-0.25, -0.2) is 4.98 Å². The highest BCUT2D eigenvalue weighted by Gasteiger charge is 2.27. The Kier molecular flexibility index (Phi) is 5.59. The summed E-state index contributed by atoms with van der Waals surface area (Å²) in [5.41, 5.74) is 2.70. The van der Waals surface area contributed by atoms with Crippen LogP contribution in [0.25, 0.3) is 0 Å². The quantitative estimate of drug-likeness (QED) is 0.768. The first kappa shape index (κ1) is 18.7. The molecule has 0 saturated carbocycles. The lowest BCUT2D eigenvalue weighted by Crippen LogP contribution is -2.25. The number of methoxy groups -OCH3 is 1. The molecule has 0 radical (unpaired) electrons. The first-order chi connectivity index (χ1) is 13.0. The highest BCUT2D eigenvalue weighted by Crippen LogP contribution is 2.27. The largest absolute Gasteiger partial charge is 0.495 e. The van der Waals surface area contributed by atoms with Crippen LogP contribution >= 0.6 is 0 Å². The van der Waals surface area contributed by atoms with Gasteiger partial charge < -0.3 is 19.9 Å². The highest BCUT2D eigenvalue weighted by molar-refractivity contribution is 6.04. The molecule has 0 fully saturated rings. The van der Waals surface area contributed by atoms with Crippen molar-refractivity contribution < 1.29 is 14.3 Å². The van der Waals surface area contributed by atoms with Gasteiger partial charge in [0.05, 0.1) is 18.5 Å². The van der Waals surface area contributed by atoms with Gasteiger partial charge in [-0.15, -0.1) is 6.58 Å². The summed E-state index contributed by atoms with van der Waals surface area (Å²) >= 11 is 0. The fourth-order valence-corrected chi connectivity index (χ4v) is 3.24. The van der Waals surface area contributed by atoms with Crippen molar-refractivity contribution in [3.8, 4) is 5.75 Å². The zero-order chi connectivity index (χ0) is 19.4. The van der Waals surface area contributed by atoms with Gasteiger partial charge in [0.1, 0.15) is 11.4 Å². The maximum atomic E-state index is 12.9. The maximum absolute atomic E-state index is 12.9. The minimum atomic E-state index is -0.357. The number of hydrogen-bond donors (Lipinski definition) is 2. The number of nitrogens with zero attached hydrogens (tertiary/aromatic N) is 2. The molecule has 7 heteroatoms. The fourth-order valence-electron chi connectivity index (χ4n) is 3.24. The van der Waals surface area contributed by atoms with Gasteiger partial charge in [-0.3, -0.25) is 9.59 Å². The number of carbonyl (C=O) groups excluding carboxylic acids is 2. The number of benzene rings is 1. The minimum absolute atomic E-state index is 0.247. The molecular weight excluding hydrogens is 344 g/mol. The van der Waals surface area contributed by atoms with Crippen LogP contribution in [0.5, 0.6) is 5.75 Å². The fraction of sp³-hybridized carbons (Fsp3) is 0.350. The SMILES string of the molecule is C=CCNC(=O)c1nc(C(=O)Nc2cc(C)ccc2OC)n2c1CCCC2. The second-order valence-corrected chi connectivity index (χ2v) is 6.50. The van der Waals surface area contributed by atoms with Crippen molar-refractivity contribution in [2.24, 2.45) is 0 Å². The molecule has 0 saturated heterocycles.